The Bertz CT molecular complexity index is 437. The number of fused-ring (bicyclic) bond motifs is 1. The molecule has 2 saturated heterocycles. The number of nitrogens with zero attached hydrogens (tertiary/aromatic N) is 2. The van der Waals surface area contributed by atoms with Crippen LogP contribution in [0.2, 0.25) is 0 Å². The monoisotopic (exact) mass is 290 g/mol. The van der Waals surface area contributed by atoms with Crippen molar-refractivity contribution in [2.45, 2.75) is 31.7 Å². The number of carboxylic acid groups (broad SMARTS) is 1. The Morgan fingerprint density at radius 3 is 2.74 bits per heavy atom. The van der Waals surface area contributed by atoms with Crippen LogP contribution in [0, 0.1) is 5.92 Å². The van der Waals surface area contributed by atoms with Gasteiger partial charge in [0.2, 0.25) is 10.0 Å². The standard InChI is InChI=1S/C12H22N2O4S/c1-13-6-2-3-10-9-14(7-4-11(10)13)19(17,18)8-5-12(15)16/h10-11H,2-9H2,1H3,(H,15,16). The van der Waals surface area contributed by atoms with Gasteiger partial charge in [0.05, 0.1) is 12.2 Å². The Morgan fingerprint density at radius 1 is 1.32 bits per heavy atom. The lowest BCUT2D eigenvalue weighted by Crippen LogP contribution is -2.54. The Labute approximate surface area is 114 Å². The van der Waals surface area contributed by atoms with Crippen molar-refractivity contribution in [1.29, 1.82) is 0 Å². The average molecular weight is 290 g/mol. The molecule has 0 bridgehead atoms. The number of hydrogen-bond donors (Lipinski definition) is 1. The Hall–Kier alpha value is -0.660. The first-order valence-electron chi connectivity index (χ1n) is 6.80. The van der Waals surface area contributed by atoms with Gasteiger partial charge < -0.3 is 10.0 Å². The zero-order valence-electron chi connectivity index (χ0n) is 11.3. The molecule has 19 heavy (non-hydrogen) atoms. The van der Waals surface area contributed by atoms with Crippen LogP contribution in [0.15, 0.2) is 0 Å². The minimum Gasteiger partial charge on any atom is -0.481 e. The van der Waals surface area contributed by atoms with Gasteiger partial charge in [-0.25, -0.2) is 12.7 Å². The smallest absolute Gasteiger partial charge is 0.304 e. The fourth-order valence-corrected chi connectivity index (χ4v) is 4.71. The average Bonchev–Trinajstić information content (AvgIpc) is 2.36. The zero-order chi connectivity index (χ0) is 14.0. The maximum Gasteiger partial charge on any atom is 0.304 e. The summed E-state index contributed by atoms with van der Waals surface area (Å²) in [6.07, 6.45) is 2.72. The van der Waals surface area contributed by atoms with Gasteiger partial charge >= 0.3 is 5.97 Å². The first kappa shape index (κ1) is 14.7. The highest BCUT2D eigenvalue weighted by atomic mass is 32.2. The van der Waals surface area contributed by atoms with Crippen molar-refractivity contribution in [3.63, 3.8) is 0 Å². The molecule has 0 saturated carbocycles. The van der Waals surface area contributed by atoms with Crippen LogP contribution in [0.1, 0.15) is 25.7 Å². The molecule has 2 fully saturated rings. The van der Waals surface area contributed by atoms with Gasteiger partial charge in [0, 0.05) is 19.1 Å². The van der Waals surface area contributed by atoms with Crippen molar-refractivity contribution < 1.29 is 18.3 Å². The molecule has 7 heteroatoms. The van der Waals surface area contributed by atoms with E-state index in [2.05, 4.69) is 11.9 Å². The second kappa shape index (κ2) is 5.76. The van der Waals surface area contributed by atoms with Crippen molar-refractivity contribution in [2.75, 3.05) is 32.4 Å². The maximum absolute atomic E-state index is 12.1. The summed E-state index contributed by atoms with van der Waals surface area (Å²) in [5.74, 6) is -0.946. The summed E-state index contributed by atoms with van der Waals surface area (Å²) in [7, 11) is -1.31. The summed E-state index contributed by atoms with van der Waals surface area (Å²) in [4.78, 5) is 12.8. The molecule has 2 aliphatic rings. The van der Waals surface area contributed by atoms with E-state index in [1.54, 1.807) is 0 Å². The highest BCUT2D eigenvalue weighted by molar-refractivity contribution is 7.89. The minimum absolute atomic E-state index is 0.282. The molecule has 6 nitrogen and oxygen atoms in total. The third kappa shape index (κ3) is 3.46. The summed E-state index contributed by atoms with van der Waals surface area (Å²) < 4.78 is 25.7. The van der Waals surface area contributed by atoms with E-state index in [1.807, 2.05) is 0 Å². The lowest BCUT2D eigenvalue weighted by atomic mass is 9.85. The SMILES string of the molecule is CN1CCCC2CN(S(=O)(=O)CCC(=O)O)CCC21. The van der Waals surface area contributed by atoms with Gasteiger partial charge in [-0.15, -0.1) is 0 Å². The third-order valence-corrected chi connectivity index (χ3v) is 6.11. The quantitative estimate of drug-likeness (QED) is 0.800. The molecule has 110 valence electrons. The fourth-order valence-electron chi connectivity index (χ4n) is 3.22. The number of carbonyl (C=O) groups is 1. The molecule has 2 heterocycles. The number of carboxylic acids is 1. The molecule has 2 rings (SSSR count). The Balaban J connectivity index is 1.98. The highest BCUT2D eigenvalue weighted by Crippen LogP contribution is 2.30. The van der Waals surface area contributed by atoms with Crippen molar-refractivity contribution >= 4 is 16.0 Å². The molecule has 0 aromatic heterocycles. The predicted molar refractivity (Wildman–Crippen MR) is 71.4 cm³/mol. The minimum atomic E-state index is -3.41. The molecule has 1 N–H and O–H groups in total. The van der Waals surface area contributed by atoms with E-state index in [0.717, 1.165) is 25.8 Å². The van der Waals surface area contributed by atoms with Gasteiger partial charge in [0.25, 0.3) is 0 Å². The molecular weight excluding hydrogens is 268 g/mol. The van der Waals surface area contributed by atoms with Crippen LogP contribution >= 0.6 is 0 Å². The summed E-state index contributed by atoms with van der Waals surface area (Å²) in [5, 5.41) is 8.61. The molecule has 0 radical (unpaired) electrons. The molecule has 0 amide bonds. The van der Waals surface area contributed by atoms with E-state index in [9.17, 15) is 13.2 Å². The van der Waals surface area contributed by atoms with Gasteiger partial charge in [-0.3, -0.25) is 4.79 Å². The first-order chi connectivity index (χ1) is 8.90. The Morgan fingerprint density at radius 2 is 2.05 bits per heavy atom. The third-order valence-electron chi connectivity index (χ3n) is 4.28. The van der Waals surface area contributed by atoms with Crippen LogP contribution in [-0.4, -0.2) is 67.2 Å². The van der Waals surface area contributed by atoms with E-state index in [-0.39, 0.29) is 12.2 Å². The number of aliphatic carboxylic acids is 1. The summed E-state index contributed by atoms with van der Waals surface area (Å²) in [5.41, 5.74) is 0. The maximum atomic E-state index is 12.1. The van der Waals surface area contributed by atoms with Crippen LogP contribution in [0.5, 0.6) is 0 Å². The molecule has 2 aliphatic heterocycles. The molecule has 2 atom stereocenters. The van der Waals surface area contributed by atoms with Crippen LogP contribution in [-0.2, 0) is 14.8 Å². The van der Waals surface area contributed by atoms with Crippen molar-refractivity contribution in [3.05, 3.63) is 0 Å². The van der Waals surface area contributed by atoms with E-state index in [0.29, 0.717) is 25.0 Å². The molecule has 0 spiro atoms. The molecular formula is C12H22N2O4S. The van der Waals surface area contributed by atoms with Gasteiger partial charge in [-0.05, 0) is 38.8 Å². The topological polar surface area (TPSA) is 77.9 Å². The largest absolute Gasteiger partial charge is 0.481 e. The summed E-state index contributed by atoms with van der Waals surface area (Å²) >= 11 is 0. The first-order valence-corrected chi connectivity index (χ1v) is 8.41. The molecule has 0 aromatic rings. The van der Waals surface area contributed by atoms with Crippen LogP contribution in [0.25, 0.3) is 0 Å². The second-order valence-electron chi connectivity index (χ2n) is 5.56. The number of likely N-dealkylation sites (tertiary alicyclic amines) is 1. The molecule has 2 unspecified atom stereocenters. The Kier molecular flexibility index (Phi) is 4.47. The lowest BCUT2D eigenvalue weighted by molar-refractivity contribution is -0.136. The second-order valence-corrected chi connectivity index (χ2v) is 7.65. The van der Waals surface area contributed by atoms with Gasteiger partial charge in [0.15, 0.2) is 0 Å². The van der Waals surface area contributed by atoms with Gasteiger partial charge in [-0.2, -0.15) is 0 Å². The van der Waals surface area contributed by atoms with Gasteiger partial charge in [0.1, 0.15) is 0 Å². The lowest BCUT2D eigenvalue weighted by Gasteiger charge is -2.45. The van der Waals surface area contributed by atoms with Crippen LogP contribution in [0.3, 0.4) is 0 Å². The number of rotatable bonds is 4. The van der Waals surface area contributed by atoms with E-state index < -0.39 is 16.0 Å². The van der Waals surface area contributed by atoms with Gasteiger partial charge in [-0.1, -0.05) is 0 Å². The molecule has 0 aromatic carbocycles. The van der Waals surface area contributed by atoms with Crippen molar-refractivity contribution in [2.24, 2.45) is 5.92 Å². The molecule has 0 aliphatic carbocycles. The highest BCUT2D eigenvalue weighted by Gasteiger charge is 2.37. The van der Waals surface area contributed by atoms with E-state index in [1.165, 1.54) is 4.31 Å². The van der Waals surface area contributed by atoms with Crippen LogP contribution in [0.4, 0.5) is 0 Å². The van der Waals surface area contributed by atoms with Crippen molar-refractivity contribution in [1.82, 2.24) is 9.21 Å². The zero-order valence-corrected chi connectivity index (χ0v) is 12.1. The van der Waals surface area contributed by atoms with Crippen molar-refractivity contribution in [3.8, 4) is 0 Å². The fraction of sp³-hybridized carbons (Fsp3) is 0.917. The summed E-state index contributed by atoms with van der Waals surface area (Å²) in [6, 6.07) is 0.486. The number of piperidine rings is 2. The van der Waals surface area contributed by atoms with E-state index >= 15 is 0 Å². The normalized spacial score (nSPS) is 29.9. The number of sulfonamides is 1. The predicted octanol–water partition coefficient (Wildman–Crippen LogP) is 0.207. The van der Waals surface area contributed by atoms with Crippen LogP contribution < -0.4 is 0 Å². The van der Waals surface area contributed by atoms with E-state index in [4.69, 9.17) is 5.11 Å². The summed E-state index contributed by atoms with van der Waals surface area (Å²) in [6.45, 7) is 2.16. The number of hydrogen-bond acceptors (Lipinski definition) is 4.